The van der Waals surface area contributed by atoms with Crippen LogP contribution in [0.25, 0.3) is 0 Å². The fraction of sp³-hybridized carbons (Fsp3) is 0.545. The van der Waals surface area contributed by atoms with Gasteiger partial charge in [0.2, 0.25) is 10.0 Å². The van der Waals surface area contributed by atoms with Crippen molar-refractivity contribution in [1.29, 1.82) is 0 Å². The summed E-state index contributed by atoms with van der Waals surface area (Å²) in [5, 5.41) is 0. The van der Waals surface area contributed by atoms with Crippen LogP contribution in [0.1, 0.15) is 13.3 Å². The van der Waals surface area contributed by atoms with E-state index in [2.05, 4.69) is 4.98 Å². The monoisotopic (exact) mass is 274 g/mol. The molecule has 0 bridgehead atoms. The molecule has 0 saturated carbocycles. The highest BCUT2D eigenvalue weighted by molar-refractivity contribution is 7.98. The minimum absolute atomic E-state index is 0.00680. The quantitative estimate of drug-likeness (QED) is 0.794. The Morgan fingerprint density at radius 2 is 2.24 bits per heavy atom. The molecule has 0 aliphatic carbocycles. The van der Waals surface area contributed by atoms with E-state index in [-0.39, 0.29) is 10.9 Å². The van der Waals surface area contributed by atoms with Crippen molar-refractivity contribution in [3.05, 3.63) is 24.5 Å². The molecule has 6 heteroatoms. The Morgan fingerprint density at radius 3 is 2.76 bits per heavy atom. The molecule has 1 rings (SSSR count). The Hall–Kier alpha value is -0.590. The summed E-state index contributed by atoms with van der Waals surface area (Å²) < 4.78 is 25.8. The van der Waals surface area contributed by atoms with E-state index in [0.717, 1.165) is 12.2 Å². The summed E-state index contributed by atoms with van der Waals surface area (Å²) in [4.78, 5) is 4.09. The second-order valence-corrected chi connectivity index (χ2v) is 6.82. The minimum atomic E-state index is -3.41. The number of hydrogen-bond donors (Lipinski definition) is 0. The average molecular weight is 274 g/mol. The average Bonchev–Trinajstić information content (AvgIpc) is 2.36. The van der Waals surface area contributed by atoms with Crippen LogP contribution in [-0.2, 0) is 10.0 Å². The van der Waals surface area contributed by atoms with Crippen LogP contribution in [0.4, 0.5) is 0 Å². The van der Waals surface area contributed by atoms with Gasteiger partial charge in [0, 0.05) is 25.5 Å². The van der Waals surface area contributed by atoms with Crippen LogP contribution in [0.15, 0.2) is 29.4 Å². The lowest BCUT2D eigenvalue weighted by Gasteiger charge is -2.23. The molecule has 0 aliphatic rings. The summed E-state index contributed by atoms with van der Waals surface area (Å²) in [6.07, 6.45) is 5.81. The molecule has 0 saturated heterocycles. The van der Waals surface area contributed by atoms with E-state index in [0.29, 0.717) is 0 Å². The van der Waals surface area contributed by atoms with Gasteiger partial charge >= 0.3 is 0 Å². The van der Waals surface area contributed by atoms with E-state index in [9.17, 15) is 8.42 Å². The zero-order valence-electron chi connectivity index (χ0n) is 10.3. The number of rotatable bonds is 6. The molecule has 0 fully saturated rings. The van der Waals surface area contributed by atoms with Crippen LogP contribution in [-0.4, -0.2) is 42.8 Å². The van der Waals surface area contributed by atoms with Gasteiger partial charge < -0.3 is 0 Å². The zero-order chi connectivity index (χ0) is 12.9. The Morgan fingerprint density at radius 1 is 1.53 bits per heavy atom. The van der Waals surface area contributed by atoms with E-state index < -0.39 is 10.0 Å². The zero-order valence-corrected chi connectivity index (χ0v) is 12.0. The molecule has 0 spiro atoms. The summed E-state index contributed by atoms with van der Waals surface area (Å²) >= 11 is 1.72. The van der Waals surface area contributed by atoms with Gasteiger partial charge in [-0.15, -0.1) is 0 Å². The summed E-state index contributed by atoms with van der Waals surface area (Å²) in [7, 11) is -1.79. The second-order valence-electron chi connectivity index (χ2n) is 3.84. The first kappa shape index (κ1) is 14.5. The van der Waals surface area contributed by atoms with Gasteiger partial charge in [-0.2, -0.15) is 16.1 Å². The first-order chi connectivity index (χ1) is 8.00. The number of sulfonamides is 1. The Balaban J connectivity index is 2.84. The molecule has 4 nitrogen and oxygen atoms in total. The van der Waals surface area contributed by atoms with E-state index in [1.807, 2.05) is 13.2 Å². The number of nitrogens with zero attached hydrogens (tertiary/aromatic N) is 2. The molecule has 1 aromatic rings. The van der Waals surface area contributed by atoms with Crippen molar-refractivity contribution in [3.63, 3.8) is 0 Å². The van der Waals surface area contributed by atoms with Gasteiger partial charge in [-0.25, -0.2) is 8.42 Å². The van der Waals surface area contributed by atoms with Crippen LogP contribution < -0.4 is 0 Å². The van der Waals surface area contributed by atoms with Crippen LogP contribution in [0.2, 0.25) is 0 Å². The van der Waals surface area contributed by atoms with Gasteiger partial charge in [-0.05, 0) is 37.5 Å². The smallest absolute Gasteiger partial charge is 0.244 e. The van der Waals surface area contributed by atoms with E-state index in [1.165, 1.54) is 10.5 Å². The topological polar surface area (TPSA) is 50.3 Å². The SMILES string of the molecule is CSCCC(C)N(C)S(=O)(=O)c1cccnc1. The summed E-state index contributed by atoms with van der Waals surface area (Å²) in [6.45, 7) is 1.92. The molecule has 1 unspecified atom stereocenters. The molecular weight excluding hydrogens is 256 g/mol. The summed E-state index contributed by atoms with van der Waals surface area (Å²) in [5.41, 5.74) is 0. The second kappa shape index (κ2) is 6.37. The number of pyridine rings is 1. The first-order valence-corrected chi connectivity index (χ1v) is 8.20. The highest BCUT2D eigenvalue weighted by Gasteiger charge is 2.24. The van der Waals surface area contributed by atoms with E-state index in [4.69, 9.17) is 0 Å². The lowest BCUT2D eigenvalue weighted by atomic mass is 10.3. The van der Waals surface area contributed by atoms with Crippen LogP contribution in [0.5, 0.6) is 0 Å². The van der Waals surface area contributed by atoms with Gasteiger partial charge in [-0.3, -0.25) is 4.98 Å². The van der Waals surface area contributed by atoms with Crippen LogP contribution in [0, 0.1) is 0 Å². The van der Waals surface area contributed by atoms with Crippen molar-refractivity contribution in [2.24, 2.45) is 0 Å². The molecule has 0 radical (unpaired) electrons. The molecule has 0 N–H and O–H groups in total. The fourth-order valence-corrected chi connectivity index (χ4v) is 3.31. The lowest BCUT2D eigenvalue weighted by Crippen LogP contribution is -2.35. The molecule has 0 aliphatic heterocycles. The standard InChI is InChI=1S/C11H18N2O2S2/c1-10(6-8-16-3)13(2)17(14,15)11-5-4-7-12-9-11/h4-5,7,9-10H,6,8H2,1-3H3. The molecule has 1 aromatic heterocycles. The predicted molar refractivity (Wildman–Crippen MR) is 71.6 cm³/mol. The van der Waals surface area contributed by atoms with E-state index >= 15 is 0 Å². The molecular formula is C11H18N2O2S2. The van der Waals surface area contributed by atoms with Gasteiger partial charge in [0.25, 0.3) is 0 Å². The van der Waals surface area contributed by atoms with Crippen LogP contribution in [0.3, 0.4) is 0 Å². The van der Waals surface area contributed by atoms with Crippen molar-refractivity contribution < 1.29 is 8.42 Å². The maximum absolute atomic E-state index is 12.2. The highest BCUT2D eigenvalue weighted by atomic mass is 32.2. The van der Waals surface area contributed by atoms with E-state index in [1.54, 1.807) is 37.1 Å². The molecule has 0 aromatic carbocycles. The third-order valence-electron chi connectivity index (χ3n) is 2.67. The Kier molecular flexibility index (Phi) is 5.42. The normalized spacial score (nSPS) is 13.9. The summed E-state index contributed by atoms with van der Waals surface area (Å²) in [5.74, 6) is 0.952. The van der Waals surface area contributed by atoms with Crippen molar-refractivity contribution in [2.75, 3.05) is 19.1 Å². The third-order valence-corrected chi connectivity index (χ3v) is 5.27. The van der Waals surface area contributed by atoms with Gasteiger partial charge in [0.05, 0.1) is 0 Å². The third kappa shape index (κ3) is 3.69. The first-order valence-electron chi connectivity index (χ1n) is 5.37. The largest absolute Gasteiger partial charge is 0.263 e. The Bertz CT molecular complexity index is 434. The number of aromatic nitrogens is 1. The van der Waals surface area contributed by atoms with Crippen LogP contribution >= 0.6 is 11.8 Å². The Labute approximate surface area is 107 Å². The molecule has 0 amide bonds. The minimum Gasteiger partial charge on any atom is -0.263 e. The lowest BCUT2D eigenvalue weighted by molar-refractivity contribution is 0.382. The van der Waals surface area contributed by atoms with Crippen molar-refractivity contribution in [3.8, 4) is 0 Å². The fourth-order valence-electron chi connectivity index (χ4n) is 1.37. The maximum atomic E-state index is 12.2. The number of hydrogen-bond acceptors (Lipinski definition) is 4. The maximum Gasteiger partial charge on any atom is 0.244 e. The molecule has 96 valence electrons. The number of thioether (sulfide) groups is 1. The molecule has 17 heavy (non-hydrogen) atoms. The molecule has 1 heterocycles. The van der Waals surface area contributed by atoms with Gasteiger partial charge in [-0.1, -0.05) is 0 Å². The summed E-state index contributed by atoms with van der Waals surface area (Å²) in [6, 6.07) is 3.19. The van der Waals surface area contributed by atoms with Gasteiger partial charge in [0.15, 0.2) is 0 Å². The molecule has 1 atom stereocenters. The van der Waals surface area contributed by atoms with Gasteiger partial charge in [0.1, 0.15) is 4.90 Å². The highest BCUT2D eigenvalue weighted by Crippen LogP contribution is 2.17. The van der Waals surface area contributed by atoms with Crippen molar-refractivity contribution in [1.82, 2.24) is 9.29 Å². The predicted octanol–water partition coefficient (Wildman–Crippen LogP) is 1.84. The van der Waals surface area contributed by atoms with Crippen molar-refractivity contribution >= 4 is 21.8 Å². The van der Waals surface area contributed by atoms with Crippen molar-refractivity contribution in [2.45, 2.75) is 24.3 Å².